The smallest absolute Gasteiger partial charge is 0.224 e. The summed E-state index contributed by atoms with van der Waals surface area (Å²) in [5.74, 6) is 0.635. The number of phenolic OH excluding ortho intramolecular Hbond substituents is 1. The molecule has 1 amide bonds. The van der Waals surface area contributed by atoms with Crippen LogP contribution in [0.5, 0.6) is 5.75 Å². The number of amides is 1. The van der Waals surface area contributed by atoms with E-state index in [1.54, 1.807) is 12.1 Å². The molecule has 4 nitrogen and oxygen atoms in total. The van der Waals surface area contributed by atoms with Gasteiger partial charge in [-0.3, -0.25) is 4.79 Å². The molecule has 1 saturated heterocycles. The third-order valence-electron chi connectivity index (χ3n) is 4.47. The second kappa shape index (κ2) is 6.06. The van der Waals surface area contributed by atoms with E-state index in [9.17, 15) is 9.90 Å². The SMILES string of the molecule is C[C@H](CCc1ccc(O)cc1)N[C@H]1CC(=O)N(C2CC2)C1. The van der Waals surface area contributed by atoms with Crippen molar-refractivity contribution in [3.63, 3.8) is 0 Å². The summed E-state index contributed by atoms with van der Waals surface area (Å²) in [6, 6.07) is 8.65. The zero-order valence-corrected chi connectivity index (χ0v) is 12.6. The number of benzene rings is 1. The third-order valence-corrected chi connectivity index (χ3v) is 4.47. The van der Waals surface area contributed by atoms with Crippen LogP contribution in [0.2, 0.25) is 0 Å². The van der Waals surface area contributed by atoms with Crippen molar-refractivity contribution in [2.75, 3.05) is 6.54 Å². The van der Waals surface area contributed by atoms with E-state index >= 15 is 0 Å². The van der Waals surface area contributed by atoms with Gasteiger partial charge in [0, 0.05) is 31.1 Å². The summed E-state index contributed by atoms with van der Waals surface area (Å²) in [6.45, 7) is 3.07. The molecule has 21 heavy (non-hydrogen) atoms. The van der Waals surface area contributed by atoms with Crippen LogP contribution in [-0.2, 0) is 11.2 Å². The largest absolute Gasteiger partial charge is 0.508 e. The number of likely N-dealkylation sites (tertiary alicyclic amines) is 1. The minimum absolute atomic E-state index is 0.313. The fourth-order valence-corrected chi connectivity index (χ4v) is 3.11. The van der Waals surface area contributed by atoms with Crippen molar-refractivity contribution in [3.05, 3.63) is 29.8 Å². The van der Waals surface area contributed by atoms with Gasteiger partial charge >= 0.3 is 0 Å². The van der Waals surface area contributed by atoms with Crippen LogP contribution in [-0.4, -0.2) is 40.6 Å². The number of nitrogens with one attached hydrogen (secondary N) is 1. The van der Waals surface area contributed by atoms with Crippen LogP contribution in [0.4, 0.5) is 0 Å². The Bertz CT molecular complexity index is 496. The number of rotatable bonds is 6. The van der Waals surface area contributed by atoms with Gasteiger partial charge < -0.3 is 15.3 Å². The van der Waals surface area contributed by atoms with Gasteiger partial charge in [-0.25, -0.2) is 0 Å². The summed E-state index contributed by atoms with van der Waals surface area (Å²) < 4.78 is 0. The minimum Gasteiger partial charge on any atom is -0.508 e. The van der Waals surface area contributed by atoms with E-state index in [0.717, 1.165) is 19.4 Å². The molecular weight excluding hydrogens is 264 g/mol. The van der Waals surface area contributed by atoms with Crippen LogP contribution >= 0.6 is 0 Å². The first-order valence-electron chi connectivity index (χ1n) is 7.95. The molecule has 2 aliphatic rings. The van der Waals surface area contributed by atoms with Gasteiger partial charge in [0.05, 0.1) is 0 Å². The minimum atomic E-state index is 0.313. The van der Waals surface area contributed by atoms with E-state index in [-0.39, 0.29) is 0 Å². The summed E-state index contributed by atoms with van der Waals surface area (Å²) in [5.41, 5.74) is 1.24. The Balaban J connectivity index is 1.43. The van der Waals surface area contributed by atoms with Crippen molar-refractivity contribution in [1.29, 1.82) is 0 Å². The standard InChI is InChI=1S/C17H24N2O2/c1-12(2-3-13-4-8-16(20)9-5-13)18-14-10-17(21)19(11-14)15-6-7-15/h4-5,8-9,12,14-15,18,20H,2-3,6-7,10-11H2,1H3/t12-,14+/m1/s1. The Morgan fingerprint density at radius 1 is 1.33 bits per heavy atom. The van der Waals surface area contributed by atoms with Crippen LogP contribution in [0.15, 0.2) is 24.3 Å². The van der Waals surface area contributed by atoms with Gasteiger partial charge in [-0.1, -0.05) is 12.1 Å². The first-order chi connectivity index (χ1) is 10.1. The number of aryl methyl sites for hydroxylation is 1. The maximum Gasteiger partial charge on any atom is 0.224 e. The zero-order chi connectivity index (χ0) is 14.8. The van der Waals surface area contributed by atoms with E-state index in [1.165, 1.54) is 18.4 Å². The van der Waals surface area contributed by atoms with Gasteiger partial charge in [-0.15, -0.1) is 0 Å². The highest BCUT2D eigenvalue weighted by Crippen LogP contribution is 2.30. The van der Waals surface area contributed by atoms with E-state index in [0.29, 0.717) is 36.2 Å². The van der Waals surface area contributed by atoms with Crippen LogP contribution < -0.4 is 5.32 Å². The molecule has 1 aliphatic carbocycles. The summed E-state index contributed by atoms with van der Waals surface area (Å²) in [5, 5.41) is 12.9. The van der Waals surface area contributed by atoms with Gasteiger partial charge in [0.25, 0.3) is 0 Å². The molecule has 114 valence electrons. The summed E-state index contributed by atoms with van der Waals surface area (Å²) in [7, 11) is 0. The second-order valence-corrected chi connectivity index (χ2v) is 6.45. The molecule has 1 aromatic carbocycles. The van der Waals surface area contributed by atoms with Crippen LogP contribution in [0.1, 0.15) is 38.2 Å². The highest BCUT2D eigenvalue weighted by Gasteiger charge is 2.39. The van der Waals surface area contributed by atoms with Crippen LogP contribution in [0.25, 0.3) is 0 Å². The van der Waals surface area contributed by atoms with Gasteiger partial charge in [-0.05, 0) is 50.3 Å². The lowest BCUT2D eigenvalue weighted by molar-refractivity contribution is -0.128. The van der Waals surface area contributed by atoms with Crippen molar-refractivity contribution in [2.24, 2.45) is 0 Å². The van der Waals surface area contributed by atoms with Gasteiger partial charge in [-0.2, -0.15) is 0 Å². The molecule has 0 radical (unpaired) electrons. The number of hydrogen-bond donors (Lipinski definition) is 2. The molecule has 2 fully saturated rings. The molecule has 1 heterocycles. The lowest BCUT2D eigenvalue weighted by Gasteiger charge is -2.20. The summed E-state index contributed by atoms with van der Waals surface area (Å²) in [4.78, 5) is 14.0. The van der Waals surface area contributed by atoms with Crippen molar-refractivity contribution in [2.45, 2.75) is 57.2 Å². The maximum atomic E-state index is 11.9. The third kappa shape index (κ3) is 3.76. The second-order valence-electron chi connectivity index (χ2n) is 6.45. The molecule has 0 aromatic heterocycles. The summed E-state index contributed by atoms with van der Waals surface area (Å²) >= 11 is 0. The van der Waals surface area contributed by atoms with Crippen LogP contribution in [0.3, 0.4) is 0 Å². The molecule has 4 heteroatoms. The highest BCUT2D eigenvalue weighted by molar-refractivity contribution is 5.80. The lowest BCUT2D eigenvalue weighted by atomic mass is 10.1. The predicted molar refractivity (Wildman–Crippen MR) is 82.2 cm³/mol. The number of aromatic hydroxyl groups is 1. The first-order valence-corrected chi connectivity index (χ1v) is 7.95. The van der Waals surface area contributed by atoms with Gasteiger partial charge in [0.15, 0.2) is 0 Å². The fraction of sp³-hybridized carbons (Fsp3) is 0.588. The molecule has 0 spiro atoms. The topological polar surface area (TPSA) is 52.6 Å². The van der Waals surface area contributed by atoms with Gasteiger partial charge in [0.1, 0.15) is 5.75 Å². The van der Waals surface area contributed by atoms with E-state index in [2.05, 4.69) is 17.1 Å². The maximum absolute atomic E-state index is 11.9. The number of phenols is 1. The molecule has 2 N–H and O–H groups in total. The molecule has 3 rings (SSSR count). The van der Waals surface area contributed by atoms with E-state index in [1.807, 2.05) is 12.1 Å². The first kappa shape index (κ1) is 14.4. The average Bonchev–Trinajstić information content (AvgIpc) is 3.23. The Labute approximate surface area is 126 Å². The Morgan fingerprint density at radius 3 is 2.71 bits per heavy atom. The molecule has 0 unspecified atom stereocenters. The van der Waals surface area contributed by atoms with Crippen molar-refractivity contribution >= 4 is 5.91 Å². The Hall–Kier alpha value is -1.55. The molecule has 2 atom stereocenters. The quantitative estimate of drug-likeness (QED) is 0.842. The van der Waals surface area contributed by atoms with E-state index in [4.69, 9.17) is 0 Å². The Kier molecular flexibility index (Phi) is 4.15. The predicted octanol–water partition coefficient (Wildman–Crippen LogP) is 2.07. The lowest BCUT2D eigenvalue weighted by Crippen LogP contribution is -2.39. The molecule has 0 bridgehead atoms. The van der Waals surface area contributed by atoms with E-state index < -0.39 is 0 Å². The highest BCUT2D eigenvalue weighted by atomic mass is 16.3. The number of nitrogens with zero attached hydrogens (tertiary/aromatic N) is 1. The molecule has 1 aliphatic heterocycles. The molecule has 1 saturated carbocycles. The fourth-order valence-electron chi connectivity index (χ4n) is 3.11. The van der Waals surface area contributed by atoms with Crippen molar-refractivity contribution < 1.29 is 9.90 Å². The summed E-state index contributed by atoms with van der Waals surface area (Å²) in [6.07, 6.45) is 5.06. The molecular formula is C17H24N2O2. The monoisotopic (exact) mass is 288 g/mol. The number of hydrogen-bond acceptors (Lipinski definition) is 3. The average molecular weight is 288 g/mol. The number of carbonyl (C=O) groups excluding carboxylic acids is 1. The molecule has 1 aromatic rings. The Morgan fingerprint density at radius 2 is 2.05 bits per heavy atom. The number of carbonyl (C=O) groups is 1. The zero-order valence-electron chi connectivity index (χ0n) is 12.6. The van der Waals surface area contributed by atoms with Crippen molar-refractivity contribution in [3.8, 4) is 5.75 Å². The van der Waals surface area contributed by atoms with Crippen molar-refractivity contribution in [1.82, 2.24) is 10.2 Å². The normalized spacial score (nSPS) is 23.6. The van der Waals surface area contributed by atoms with Gasteiger partial charge in [0.2, 0.25) is 5.91 Å². The van der Waals surface area contributed by atoms with Crippen LogP contribution in [0, 0.1) is 0 Å².